The van der Waals surface area contributed by atoms with Crippen LogP contribution in [0, 0.1) is 5.82 Å². The van der Waals surface area contributed by atoms with E-state index in [1.807, 2.05) is 0 Å². The SMILES string of the molecule is NS(=O)(=O)c1ccccc1-c1cc(S(=O)(=O)C(F)(F)F)cn1-c1ccc(F)cc1. The van der Waals surface area contributed by atoms with Gasteiger partial charge in [0.25, 0.3) is 9.84 Å². The van der Waals surface area contributed by atoms with Crippen LogP contribution in [0.1, 0.15) is 0 Å². The van der Waals surface area contributed by atoms with Gasteiger partial charge in [-0.05, 0) is 36.4 Å². The summed E-state index contributed by atoms with van der Waals surface area (Å²) in [7, 11) is -10.0. The number of benzene rings is 2. The molecule has 0 saturated heterocycles. The molecule has 0 saturated carbocycles. The van der Waals surface area contributed by atoms with Gasteiger partial charge in [-0.15, -0.1) is 0 Å². The fourth-order valence-electron chi connectivity index (χ4n) is 2.67. The Kier molecular flexibility index (Phi) is 5.05. The van der Waals surface area contributed by atoms with E-state index < -0.39 is 41.0 Å². The maximum absolute atomic E-state index is 13.2. The molecule has 3 rings (SSSR count). The minimum atomic E-state index is -5.73. The van der Waals surface area contributed by atoms with Crippen molar-refractivity contribution in [3.8, 4) is 16.9 Å². The number of nitrogens with two attached hydrogens (primary N) is 1. The molecule has 12 heteroatoms. The van der Waals surface area contributed by atoms with Gasteiger partial charge in [-0.2, -0.15) is 13.2 Å². The van der Waals surface area contributed by atoms with E-state index in [9.17, 15) is 34.4 Å². The number of aromatic nitrogens is 1. The number of rotatable bonds is 4. The Morgan fingerprint density at radius 1 is 0.897 bits per heavy atom. The topological polar surface area (TPSA) is 99.2 Å². The highest BCUT2D eigenvalue weighted by Gasteiger charge is 2.47. The fraction of sp³-hybridized carbons (Fsp3) is 0.0588. The molecular weight excluding hydrogens is 436 g/mol. The molecule has 29 heavy (non-hydrogen) atoms. The summed E-state index contributed by atoms with van der Waals surface area (Å²) in [4.78, 5) is -1.52. The molecule has 0 atom stereocenters. The van der Waals surface area contributed by atoms with E-state index >= 15 is 0 Å². The number of halogens is 4. The molecule has 6 nitrogen and oxygen atoms in total. The molecule has 0 aliphatic heterocycles. The molecule has 3 aromatic rings. The second kappa shape index (κ2) is 6.97. The van der Waals surface area contributed by atoms with Gasteiger partial charge in [0.05, 0.1) is 15.5 Å². The first-order valence-corrected chi connectivity index (χ1v) is 10.8. The van der Waals surface area contributed by atoms with Crippen LogP contribution >= 0.6 is 0 Å². The van der Waals surface area contributed by atoms with Crippen molar-refractivity contribution in [1.29, 1.82) is 0 Å². The van der Waals surface area contributed by atoms with Gasteiger partial charge >= 0.3 is 5.51 Å². The summed E-state index contributed by atoms with van der Waals surface area (Å²) in [5, 5.41) is 5.18. The van der Waals surface area contributed by atoms with E-state index in [-0.39, 0.29) is 16.9 Å². The fourth-order valence-corrected chi connectivity index (χ4v) is 4.19. The number of alkyl halides is 3. The number of hydrogen-bond donors (Lipinski definition) is 1. The third kappa shape index (κ3) is 3.91. The van der Waals surface area contributed by atoms with Gasteiger partial charge in [-0.25, -0.2) is 26.4 Å². The van der Waals surface area contributed by atoms with Crippen molar-refractivity contribution in [2.24, 2.45) is 5.14 Å². The van der Waals surface area contributed by atoms with Gasteiger partial charge in [0.1, 0.15) is 5.82 Å². The third-order valence-corrected chi connectivity index (χ3v) is 6.41. The molecule has 2 aromatic carbocycles. The van der Waals surface area contributed by atoms with E-state index in [4.69, 9.17) is 5.14 Å². The van der Waals surface area contributed by atoms with Crippen LogP contribution in [0.2, 0.25) is 0 Å². The van der Waals surface area contributed by atoms with Crippen molar-refractivity contribution in [2.75, 3.05) is 0 Å². The van der Waals surface area contributed by atoms with Crippen LogP contribution in [0.25, 0.3) is 16.9 Å². The van der Waals surface area contributed by atoms with Crippen LogP contribution in [0.4, 0.5) is 17.6 Å². The normalized spacial score (nSPS) is 12.9. The van der Waals surface area contributed by atoms with Gasteiger partial charge < -0.3 is 4.57 Å². The van der Waals surface area contributed by atoms with Crippen molar-refractivity contribution >= 4 is 19.9 Å². The highest BCUT2D eigenvalue weighted by Crippen LogP contribution is 2.36. The van der Waals surface area contributed by atoms with Crippen molar-refractivity contribution in [1.82, 2.24) is 4.57 Å². The molecule has 0 amide bonds. The van der Waals surface area contributed by atoms with E-state index in [0.29, 0.717) is 12.3 Å². The van der Waals surface area contributed by atoms with Crippen LogP contribution in [0.3, 0.4) is 0 Å². The molecule has 0 spiro atoms. The second-order valence-corrected chi connectivity index (χ2v) is 9.37. The average Bonchev–Trinajstić information content (AvgIpc) is 3.06. The first kappa shape index (κ1) is 21.0. The van der Waals surface area contributed by atoms with E-state index in [1.165, 1.54) is 30.3 Å². The summed E-state index contributed by atoms with van der Waals surface area (Å²) >= 11 is 0. The summed E-state index contributed by atoms with van der Waals surface area (Å²) in [6, 6.07) is 10.3. The molecule has 0 radical (unpaired) electrons. The van der Waals surface area contributed by atoms with Crippen LogP contribution in [-0.2, 0) is 19.9 Å². The molecule has 0 aliphatic carbocycles. The lowest BCUT2D eigenvalue weighted by atomic mass is 10.1. The van der Waals surface area contributed by atoms with Crippen molar-refractivity contribution in [3.63, 3.8) is 0 Å². The van der Waals surface area contributed by atoms with Gasteiger partial charge in [-0.1, -0.05) is 18.2 Å². The minimum absolute atomic E-state index is 0.106. The largest absolute Gasteiger partial charge is 0.501 e. The van der Waals surface area contributed by atoms with Crippen molar-refractivity contribution < 1.29 is 34.4 Å². The number of sulfone groups is 1. The Bertz CT molecular complexity index is 1280. The number of primary sulfonamides is 1. The predicted molar refractivity (Wildman–Crippen MR) is 95.8 cm³/mol. The zero-order chi connectivity index (χ0) is 21.6. The molecule has 0 bridgehead atoms. The number of sulfonamides is 1. The summed E-state index contributed by atoms with van der Waals surface area (Å²) in [6.07, 6.45) is 0.686. The molecule has 0 fully saturated rings. The average molecular weight is 448 g/mol. The van der Waals surface area contributed by atoms with E-state index in [0.717, 1.165) is 22.8 Å². The lowest BCUT2D eigenvalue weighted by Crippen LogP contribution is -2.22. The van der Waals surface area contributed by atoms with Gasteiger partial charge in [0.2, 0.25) is 10.0 Å². The quantitative estimate of drug-likeness (QED) is 0.620. The predicted octanol–water partition coefficient (Wildman–Crippen LogP) is 3.22. The zero-order valence-corrected chi connectivity index (χ0v) is 15.9. The lowest BCUT2D eigenvalue weighted by molar-refractivity contribution is -0.0436. The molecule has 0 aliphatic rings. The molecule has 0 unspecified atom stereocenters. The summed E-state index contributed by atoms with van der Waals surface area (Å²) in [5.74, 6) is -0.629. The minimum Gasteiger partial charge on any atom is -0.315 e. The highest BCUT2D eigenvalue weighted by atomic mass is 32.2. The molecule has 1 heterocycles. The Hall–Kier alpha value is -2.70. The highest BCUT2D eigenvalue weighted by molar-refractivity contribution is 7.92. The second-order valence-electron chi connectivity index (χ2n) is 5.90. The van der Waals surface area contributed by atoms with Crippen LogP contribution in [-0.4, -0.2) is 26.9 Å². The summed E-state index contributed by atoms with van der Waals surface area (Å²) < 4.78 is 101. The summed E-state index contributed by atoms with van der Waals surface area (Å²) in [6.45, 7) is 0. The Balaban J connectivity index is 2.37. The Morgan fingerprint density at radius 2 is 1.48 bits per heavy atom. The third-order valence-electron chi connectivity index (χ3n) is 3.98. The first-order valence-electron chi connectivity index (χ1n) is 7.74. The standard InChI is InChI=1S/C17H12F4N2O4S2/c18-11-5-7-12(8-6-11)23-10-13(28(24,25)17(19,20)21)9-15(23)14-3-1-2-4-16(14)29(22,26)27/h1-10H,(H2,22,26,27). The van der Waals surface area contributed by atoms with E-state index in [2.05, 4.69) is 0 Å². The molecule has 154 valence electrons. The molecule has 2 N–H and O–H groups in total. The van der Waals surface area contributed by atoms with Gasteiger partial charge in [0, 0.05) is 17.4 Å². The first-order chi connectivity index (χ1) is 13.3. The summed E-state index contributed by atoms with van der Waals surface area (Å²) in [5.41, 5.74) is -5.78. The molecular formula is C17H12F4N2O4S2. The van der Waals surface area contributed by atoms with Crippen molar-refractivity contribution in [2.45, 2.75) is 15.3 Å². The monoisotopic (exact) mass is 448 g/mol. The van der Waals surface area contributed by atoms with Crippen molar-refractivity contribution in [3.05, 3.63) is 66.6 Å². The maximum Gasteiger partial charge on any atom is 0.501 e. The van der Waals surface area contributed by atoms with Crippen LogP contribution in [0.15, 0.2) is 70.6 Å². The lowest BCUT2D eigenvalue weighted by Gasteiger charge is -2.12. The Morgan fingerprint density at radius 3 is 2.03 bits per heavy atom. The number of hydrogen-bond acceptors (Lipinski definition) is 4. The molecule has 1 aromatic heterocycles. The number of nitrogens with zero attached hydrogens (tertiary/aromatic N) is 1. The Labute approximate surface area is 163 Å². The van der Waals surface area contributed by atoms with E-state index in [1.54, 1.807) is 0 Å². The van der Waals surface area contributed by atoms with Crippen LogP contribution < -0.4 is 5.14 Å². The smallest absolute Gasteiger partial charge is 0.315 e. The van der Waals surface area contributed by atoms with Gasteiger partial charge in [0.15, 0.2) is 0 Å². The van der Waals surface area contributed by atoms with Gasteiger partial charge in [-0.3, -0.25) is 0 Å². The zero-order valence-electron chi connectivity index (χ0n) is 14.3. The maximum atomic E-state index is 13.2. The van der Waals surface area contributed by atoms with Crippen LogP contribution in [0.5, 0.6) is 0 Å².